The van der Waals surface area contributed by atoms with Crippen molar-refractivity contribution in [2.24, 2.45) is 7.05 Å². The second-order valence-electron chi connectivity index (χ2n) is 9.32. The number of ether oxygens (including phenoxy) is 2. The molecule has 2 aromatic carbocycles. The molecular weight excluding hydrogens is 454 g/mol. The minimum Gasteiger partial charge on any atom is -0.468 e. The van der Waals surface area contributed by atoms with Crippen LogP contribution in [0.2, 0.25) is 0 Å². The van der Waals surface area contributed by atoms with Crippen LogP contribution >= 0.6 is 0 Å². The summed E-state index contributed by atoms with van der Waals surface area (Å²) in [6.07, 6.45) is 1.06. The van der Waals surface area contributed by atoms with Crippen LogP contribution in [0.3, 0.4) is 0 Å². The third kappa shape index (κ3) is 6.85. The average Bonchev–Trinajstić information content (AvgIpc) is 3.48. The molecule has 0 saturated carbocycles. The van der Waals surface area contributed by atoms with Gasteiger partial charge in [-0.1, -0.05) is 48.0 Å². The van der Waals surface area contributed by atoms with E-state index in [2.05, 4.69) is 4.90 Å². The maximum atomic E-state index is 10.7. The first-order valence-electron chi connectivity index (χ1n) is 12.3. The second-order valence-corrected chi connectivity index (χ2v) is 9.32. The summed E-state index contributed by atoms with van der Waals surface area (Å²) in [6.45, 7) is 7.66. The van der Waals surface area contributed by atoms with Crippen LogP contribution in [0.15, 0.2) is 77.4 Å². The quantitative estimate of drug-likeness (QED) is 0.281. The molecule has 1 atom stereocenters. The number of aryl methyl sites for hydroxylation is 2. The smallest absolute Gasteiger partial charge is 0.222 e. The highest BCUT2D eigenvalue weighted by atomic mass is 16.5. The summed E-state index contributed by atoms with van der Waals surface area (Å²) in [5, 5.41) is 15.6. The van der Waals surface area contributed by atoms with Gasteiger partial charge >= 0.3 is 0 Å². The summed E-state index contributed by atoms with van der Waals surface area (Å²) in [7, 11) is 1.89. The molecule has 0 amide bonds. The Morgan fingerprint density at radius 3 is 2.42 bits per heavy atom. The molecule has 7 nitrogen and oxygen atoms in total. The third-order valence-electron chi connectivity index (χ3n) is 5.80. The summed E-state index contributed by atoms with van der Waals surface area (Å²) in [6, 6.07) is 21.9. The zero-order chi connectivity index (χ0) is 25.5. The van der Waals surface area contributed by atoms with E-state index in [4.69, 9.17) is 19.0 Å². The number of rotatable bonds is 12. The van der Waals surface area contributed by atoms with Crippen LogP contribution in [0.25, 0.3) is 11.3 Å². The lowest BCUT2D eigenvalue weighted by molar-refractivity contribution is -0.0114. The fourth-order valence-electron chi connectivity index (χ4n) is 4.05. The molecule has 0 aliphatic rings. The highest BCUT2D eigenvalue weighted by Crippen LogP contribution is 2.34. The molecule has 190 valence electrons. The Kier molecular flexibility index (Phi) is 8.59. The lowest BCUT2D eigenvalue weighted by Crippen LogP contribution is -2.35. The first-order chi connectivity index (χ1) is 17.4. The van der Waals surface area contributed by atoms with E-state index in [1.807, 2.05) is 94.5 Å². The molecule has 0 spiro atoms. The minimum atomic E-state index is -0.652. The number of nitrogens with zero attached hydrogens (tertiary/aromatic N) is 3. The zero-order valence-corrected chi connectivity index (χ0v) is 21.4. The van der Waals surface area contributed by atoms with Crippen molar-refractivity contribution in [3.8, 4) is 22.9 Å². The van der Waals surface area contributed by atoms with Crippen molar-refractivity contribution in [3.05, 3.63) is 89.9 Å². The van der Waals surface area contributed by atoms with E-state index in [9.17, 15) is 5.11 Å². The maximum Gasteiger partial charge on any atom is 0.222 e. The van der Waals surface area contributed by atoms with Crippen molar-refractivity contribution in [1.82, 2.24) is 14.7 Å². The third-order valence-corrected chi connectivity index (χ3v) is 5.80. The van der Waals surface area contributed by atoms with Crippen molar-refractivity contribution in [1.29, 1.82) is 0 Å². The molecule has 4 aromatic rings. The number of aliphatic hydroxyl groups is 1. The Morgan fingerprint density at radius 2 is 1.75 bits per heavy atom. The van der Waals surface area contributed by atoms with Crippen LogP contribution in [0.1, 0.15) is 30.7 Å². The SMILES string of the molecule is Cc1ccc(Oc2c(CN(Cc3ccco3)C[C@H](O)COC(C)C)c(-c3ccccc3)nn2C)cc1. The van der Waals surface area contributed by atoms with Gasteiger partial charge in [0.05, 0.1) is 37.2 Å². The van der Waals surface area contributed by atoms with E-state index in [1.54, 1.807) is 10.9 Å². The molecule has 0 fully saturated rings. The largest absolute Gasteiger partial charge is 0.468 e. The zero-order valence-electron chi connectivity index (χ0n) is 21.4. The highest BCUT2D eigenvalue weighted by molar-refractivity contribution is 5.65. The molecule has 0 radical (unpaired) electrons. The number of furan rings is 1. The monoisotopic (exact) mass is 489 g/mol. The average molecular weight is 490 g/mol. The Hall–Kier alpha value is -3.39. The molecule has 0 aliphatic heterocycles. The molecule has 0 unspecified atom stereocenters. The molecule has 0 bridgehead atoms. The molecule has 4 rings (SSSR count). The summed E-state index contributed by atoms with van der Waals surface area (Å²) in [5.74, 6) is 2.22. The number of hydrogen-bond acceptors (Lipinski definition) is 6. The van der Waals surface area contributed by atoms with E-state index in [1.165, 1.54) is 5.56 Å². The fourth-order valence-corrected chi connectivity index (χ4v) is 4.05. The van der Waals surface area contributed by atoms with Gasteiger partial charge in [-0.15, -0.1) is 0 Å². The normalized spacial score (nSPS) is 12.4. The van der Waals surface area contributed by atoms with Crippen LogP contribution < -0.4 is 4.74 Å². The number of aliphatic hydroxyl groups excluding tert-OH is 1. The van der Waals surface area contributed by atoms with Crippen LogP contribution in [0.5, 0.6) is 11.6 Å². The molecule has 36 heavy (non-hydrogen) atoms. The van der Waals surface area contributed by atoms with E-state index in [0.29, 0.717) is 25.5 Å². The van der Waals surface area contributed by atoms with Crippen molar-refractivity contribution in [2.45, 2.75) is 46.1 Å². The van der Waals surface area contributed by atoms with Gasteiger partial charge < -0.3 is 19.0 Å². The molecule has 7 heteroatoms. The Balaban J connectivity index is 1.68. The van der Waals surface area contributed by atoms with Crippen LogP contribution in [0.4, 0.5) is 0 Å². The van der Waals surface area contributed by atoms with Crippen LogP contribution in [-0.4, -0.2) is 45.1 Å². The first-order valence-corrected chi connectivity index (χ1v) is 12.3. The van der Waals surface area contributed by atoms with Gasteiger partial charge in [0.2, 0.25) is 5.88 Å². The van der Waals surface area contributed by atoms with E-state index < -0.39 is 6.10 Å². The Morgan fingerprint density at radius 1 is 1.00 bits per heavy atom. The fraction of sp³-hybridized carbons (Fsp3) is 0.345. The molecule has 1 N–H and O–H groups in total. The predicted octanol–water partition coefficient (Wildman–Crippen LogP) is 5.57. The topological polar surface area (TPSA) is 72.9 Å². The van der Waals surface area contributed by atoms with Crippen molar-refractivity contribution in [2.75, 3.05) is 13.2 Å². The van der Waals surface area contributed by atoms with Crippen molar-refractivity contribution < 1.29 is 19.0 Å². The molecule has 2 aromatic heterocycles. The summed E-state index contributed by atoms with van der Waals surface area (Å²) in [5.41, 5.74) is 3.95. The van der Waals surface area contributed by atoms with Gasteiger partial charge in [0.15, 0.2) is 0 Å². The minimum absolute atomic E-state index is 0.0516. The van der Waals surface area contributed by atoms with Gasteiger partial charge in [-0.3, -0.25) is 4.90 Å². The standard InChI is InChI=1S/C29H35N3O4/c1-21(2)35-20-24(33)17-32(18-26-11-8-16-34-26)19-27-28(23-9-6-5-7-10-23)30-31(4)29(27)36-25-14-12-22(3)13-15-25/h5-16,21,24,33H,17-20H2,1-4H3/t24-/m0/s1. The van der Waals surface area contributed by atoms with Crippen LogP contribution in [0, 0.1) is 6.92 Å². The van der Waals surface area contributed by atoms with Gasteiger partial charge in [-0.2, -0.15) is 5.10 Å². The summed E-state index contributed by atoms with van der Waals surface area (Å²) < 4.78 is 19.4. The Bertz CT molecular complexity index is 1200. The van der Waals surface area contributed by atoms with E-state index in [0.717, 1.165) is 28.3 Å². The van der Waals surface area contributed by atoms with Gasteiger partial charge in [-0.05, 0) is 45.0 Å². The van der Waals surface area contributed by atoms with Crippen LogP contribution in [-0.2, 0) is 24.9 Å². The van der Waals surface area contributed by atoms with E-state index in [-0.39, 0.29) is 12.7 Å². The van der Waals surface area contributed by atoms with Crippen molar-refractivity contribution >= 4 is 0 Å². The molecule has 2 heterocycles. The molecule has 0 aliphatic carbocycles. The summed E-state index contributed by atoms with van der Waals surface area (Å²) in [4.78, 5) is 2.14. The number of hydrogen-bond donors (Lipinski definition) is 1. The Labute approximate surface area is 212 Å². The molecule has 0 saturated heterocycles. The maximum absolute atomic E-state index is 10.7. The number of benzene rings is 2. The van der Waals surface area contributed by atoms with E-state index >= 15 is 0 Å². The predicted molar refractivity (Wildman–Crippen MR) is 140 cm³/mol. The number of aromatic nitrogens is 2. The lowest BCUT2D eigenvalue weighted by Gasteiger charge is -2.25. The van der Waals surface area contributed by atoms with Gasteiger partial charge in [0.25, 0.3) is 0 Å². The molecular formula is C29H35N3O4. The van der Waals surface area contributed by atoms with Crippen molar-refractivity contribution in [3.63, 3.8) is 0 Å². The first kappa shape index (κ1) is 25.7. The highest BCUT2D eigenvalue weighted by Gasteiger charge is 2.24. The summed E-state index contributed by atoms with van der Waals surface area (Å²) >= 11 is 0. The second kappa shape index (κ2) is 12.0. The lowest BCUT2D eigenvalue weighted by atomic mass is 10.1. The van der Waals surface area contributed by atoms with Gasteiger partial charge in [0, 0.05) is 25.7 Å². The van der Waals surface area contributed by atoms with Gasteiger partial charge in [-0.25, -0.2) is 4.68 Å². The van der Waals surface area contributed by atoms with Gasteiger partial charge in [0.1, 0.15) is 17.2 Å².